The zero-order valence-electron chi connectivity index (χ0n) is 25.1. The van der Waals surface area contributed by atoms with Crippen LogP contribution in [0.1, 0.15) is 45.0 Å². The summed E-state index contributed by atoms with van der Waals surface area (Å²) in [6, 6.07) is 6.61. The normalized spacial score (nSPS) is 21.3. The van der Waals surface area contributed by atoms with Crippen molar-refractivity contribution in [2.45, 2.75) is 71.6 Å². The Balaban J connectivity index is 1.87. The van der Waals surface area contributed by atoms with E-state index in [2.05, 4.69) is 20.9 Å². The molecule has 0 saturated carbocycles. The minimum absolute atomic E-state index is 0.0754. The van der Waals surface area contributed by atoms with Crippen molar-refractivity contribution in [3.8, 4) is 0 Å². The Bertz CT molecular complexity index is 1250. The highest BCUT2D eigenvalue weighted by Crippen LogP contribution is 2.12. The lowest BCUT2D eigenvalue weighted by Gasteiger charge is -2.30. The Morgan fingerprint density at radius 3 is 2.40 bits per heavy atom. The fourth-order valence-corrected chi connectivity index (χ4v) is 4.81. The van der Waals surface area contributed by atoms with Crippen molar-refractivity contribution in [1.29, 1.82) is 0 Å². The number of rotatable bonds is 7. The number of carbonyl (C=O) groups is 5. The van der Waals surface area contributed by atoms with Crippen LogP contribution in [0, 0.1) is 12.8 Å². The van der Waals surface area contributed by atoms with Gasteiger partial charge in [-0.1, -0.05) is 44.2 Å². The molecular weight excluding hydrogens is 538 g/mol. The van der Waals surface area contributed by atoms with E-state index in [-0.39, 0.29) is 44.3 Å². The SMILES string of the molecule is Cc1nccn1CCC(=O)N1CCNC(=O)[C@H](Cc2ccccc2)NC(=O)[C@H](C)N(C)C(=O)[C@H](CC(C)C)NC(=O)C1. The van der Waals surface area contributed by atoms with Gasteiger partial charge in [-0.05, 0) is 31.7 Å². The predicted octanol–water partition coefficient (Wildman–Crippen LogP) is 0.645. The number of nitrogens with zero attached hydrogens (tertiary/aromatic N) is 4. The van der Waals surface area contributed by atoms with Gasteiger partial charge in [0.15, 0.2) is 0 Å². The van der Waals surface area contributed by atoms with Gasteiger partial charge in [0, 0.05) is 51.9 Å². The van der Waals surface area contributed by atoms with Crippen LogP contribution in [0.4, 0.5) is 0 Å². The first-order valence-electron chi connectivity index (χ1n) is 14.4. The van der Waals surface area contributed by atoms with Crippen LogP contribution < -0.4 is 16.0 Å². The number of aromatic nitrogens is 2. The van der Waals surface area contributed by atoms with Crippen LogP contribution in [-0.2, 0) is 36.9 Å². The molecule has 3 atom stereocenters. The third-order valence-electron chi connectivity index (χ3n) is 7.42. The molecule has 3 N–H and O–H groups in total. The highest BCUT2D eigenvalue weighted by molar-refractivity contribution is 5.94. The molecule has 42 heavy (non-hydrogen) atoms. The summed E-state index contributed by atoms with van der Waals surface area (Å²) in [5.41, 5.74) is 0.853. The summed E-state index contributed by atoms with van der Waals surface area (Å²) in [5, 5.41) is 8.41. The average molecular weight is 582 g/mol. The summed E-state index contributed by atoms with van der Waals surface area (Å²) in [6.07, 6.45) is 4.16. The van der Waals surface area contributed by atoms with Crippen LogP contribution in [0.5, 0.6) is 0 Å². The summed E-state index contributed by atoms with van der Waals surface area (Å²) in [7, 11) is 1.50. The lowest BCUT2D eigenvalue weighted by atomic mass is 10.0. The van der Waals surface area contributed by atoms with Crippen molar-refractivity contribution in [2.75, 3.05) is 26.7 Å². The number of hydrogen-bond donors (Lipinski definition) is 3. The molecule has 1 aromatic heterocycles. The van der Waals surface area contributed by atoms with Crippen molar-refractivity contribution in [3.63, 3.8) is 0 Å². The largest absolute Gasteiger partial charge is 0.353 e. The van der Waals surface area contributed by atoms with E-state index in [1.54, 1.807) is 19.3 Å². The van der Waals surface area contributed by atoms with Crippen LogP contribution in [0.3, 0.4) is 0 Å². The summed E-state index contributed by atoms with van der Waals surface area (Å²) < 4.78 is 1.85. The van der Waals surface area contributed by atoms with E-state index in [1.807, 2.05) is 55.7 Å². The number of likely N-dealkylation sites (N-methyl/N-ethyl adjacent to an activating group) is 1. The monoisotopic (exact) mass is 581 g/mol. The van der Waals surface area contributed by atoms with Crippen LogP contribution >= 0.6 is 0 Å². The molecule has 1 aliphatic rings. The summed E-state index contributed by atoms with van der Waals surface area (Å²) in [5.74, 6) is -1.26. The molecule has 0 unspecified atom stereocenters. The Kier molecular flexibility index (Phi) is 11.6. The van der Waals surface area contributed by atoms with Crippen LogP contribution in [-0.4, -0.2) is 93.7 Å². The molecular formula is C30H43N7O5. The second-order valence-corrected chi connectivity index (χ2v) is 11.1. The molecule has 0 spiro atoms. The number of benzene rings is 1. The maximum atomic E-state index is 13.5. The molecule has 0 aliphatic carbocycles. The number of carbonyl (C=O) groups excluding carboxylic acids is 5. The summed E-state index contributed by atoms with van der Waals surface area (Å²) in [4.78, 5) is 73.3. The molecule has 0 radical (unpaired) electrons. The molecule has 0 bridgehead atoms. The molecule has 5 amide bonds. The molecule has 1 saturated heterocycles. The smallest absolute Gasteiger partial charge is 0.245 e. The maximum absolute atomic E-state index is 13.5. The van der Waals surface area contributed by atoms with Crippen molar-refractivity contribution in [3.05, 3.63) is 54.1 Å². The Morgan fingerprint density at radius 1 is 1.05 bits per heavy atom. The molecule has 12 nitrogen and oxygen atoms in total. The standard InChI is InChI=1S/C30H43N7O5/c1-20(2)17-25-30(42)35(5)21(3)28(40)34-24(18-23-9-7-6-8-10-23)29(41)32-13-16-37(19-26(38)33-25)27(39)11-14-36-15-12-31-22(36)4/h6-10,12,15,20-21,24-25H,11,13-14,16-19H2,1-5H3,(H,32,41)(H,33,38)(H,34,40)/t21-,24-,25-/m0/s1. The van der Waals surface area contributed by atoms with Crippen LogP contribution in [0.2, 0.25) is 0 Å². The first-order valence-corrected chi connectivity index (χ1v) is 14.4. The average Bonchev–Trinajstić information content (AvgIpc) is 3.37. The molecule has 1 aliphatic heterocycles. The highest BCUT2D eigenvalue weighted by Gasteiger charge is 2.33. The lowest BCUT2D eigenvalue weighted by Crippen LogP contribution is -2.57. The van der Waals surface area contributed by atoms with E-state index >= 15 is 0 Å². The highest BCUT2D eigenvalue weighted by atomic mass is 16.2. The van der Waals surface area contributed by atoms with Gasteiger partial charge in [-0.25, -0.2) is 4.98 Å². The first kappa shape index (κ1) is 32.3. The van der Waals surface area contributed by atoms with Crippen molar-refractivity contribution in [1.82, 2.24) is 35.3 Å². The molecule has 2 heterocycles. The molecule has 228 valence electrons. The van der Waals surface area contributed by atoms with E-state index < -0.39 is 41.8 Å². The van der Waals surface area contributed by atoms with Gasteiger partial charge >= 0.3 is 0 Å². The zero-order chi connectivity index (χ0) is 30.8. The molecule has 1 fully saturated rings. The fourth-order valence-electron chi connectivity index (χ4n) is 4.81. The summed E-state index contributed by atoms with van der Waals surface area (Å²) in [6.45, 7) is 7.56. The minimum Gasteiger partial charge on any atom is -0.353 e. The first-order chi connectivity index (χ1) is 20.0. The van der Waals surface area contributed by atoms with Gasteiger partial charge in [0.2, 0.25) is 29.5 Å². The van der Waals surface area contributed by atoms with Gasteiger partial charge in [0.25, 0.3) is 0 Å². The van der Waals surface area contributed by atoms with Crippen LogP contribution in [0.25, 0.3) is 0 Å². The predicted molar refractivity (Wildman–Crippen MR) is 157 cm³/mol. The van der Waals surface area contributed by atoms with Gasteiger partial charge in [0.1, 0.15) is 23.9 Å². The third kappa shape index (κ3) is 9.15. The number of aryl methyl sites for hydroxylation is 2. The summed E-state index contributed by atoms with van der Waals surface area (Å²) >= 11 is 0. The van der Waals surface area contributed by atoms with E-state index in [0.29, 0.717) is 13.0 Å². The molecule has 3 rings (SSSR count). The minimum atomic E-state index is -0.907. The second-order valence-electron chi connectivity index (χ2n) is 11.1. The number of nitrogens with one attached hydrogen (secondary N) is 3. The van der Waals surface area contributed by atoms with E-state index in [9.17, 15) is 24.0 Å². The van der Waals surface area contributed by atoms with Gasteiger partial charge < -0.3 is 30.3 Å². The number of hydrogen-bond acceptors (Lipinski definition) is 6. The molecule has 1 aromatic carbocycles. The van der Waals surface area contributed by atoms with Gasteiger partial charge in [-0.2, -0.15) is 0 Å². The number of amides is 5. The fraction of sp³-hybridized carbons (Fsp3) is 0.533. The Hall–Kier alpha value is -4.22. The quantitative estimate of drug-likeness (QED) is 0.438. The van der Waals surface area contributed by atoms with E-state index in [4.69, 9.17) is 0 Å². The number of imidazole rings is 1. The topological polar surface area (TPSA) is 146 Å². The molecule has 12 heteroatoms. The van der Waals surface area contributed by atoms with Crippen molar-refractivity contribution < 1.29 is 24.0 Å². The van der Waals surface area contributed by atoms with Crippen molar-refractivity contribution in [2.24, 2.45) is 5.92 Å². The van der Waals surface area contributed by atoms with E-state index in [1.165, 1.54) is 16.8 Å². The van der Waals surface area contributed by atoms with Crippen LogP contribution in [0.15, 0.2) is 42.7 Å². The lowest BCUT2D eigenvalue weighted by molar-refractivity contribution is -0.142. The third-order valence-corrected chi connectivity index (χ3v) is 7.42. The Labute approximate surface area is 247 Å². The van der Waals surface area contributed by atoms with Gasteiger partial charge in [-0.15, -0.1) is 0 Å². The van der Waals surface area contributed by atoms with E-state index in [0.717, 1.165) is 11.4 Å². The second kappa shape index (κ2) is 15.1. The zero-order valence-corrected chi connectivity index (χ0v) is 25.1. The Morgan fingerprint density at radius 2 is 1.76 bits per heavy atom. The molecule has 2 aromatic rings. The van der Waals surface area contributed by atoms with Crippen molar-refractivity contribution >= 4 is 29.5 Å². The van der Waals surface area contributed by atoms with Gasteiger partial charge in [0.05, 0.1) is 6.54 Å². The maximum Gasteiger partial charge on any atom is 0.245 e. The van der Waals surface area contributed by atoms with Gasteiger partial charge in [-0.3, -0.25) is 24.0 Å².